The topological polar surface area (TPSA) is 20.2 Å². The van der Waals surface area contributed by atoms with Crippen molar-refractivity contribution in [3.05, 3.63) is 72.4 Å². The van der Waals surface area contributed by atoms with Crippen molar-refractivity contribution in [1.29, 1.82) is 0 Å². The van der Waals surface area contributed by atoms with E-state index in [2.05, 4.69) is 80.7 Å². The van der Waals surface area contributed by atoms with Gasteiger partial charge in [0.2, 0.25) is 0 Å². The van der Waals surface area contributed by atoms with Gasteiger partial charge >= 0.3 is 0 Å². The van der Waals surface area contributed by atoms with Crippen LogP contribution in [0.3, 0.4) is 0 Å². The maximum absolute atomic E-state index is 11.7. The van der Waals surface area contributed by atoms with Crippen LogP contribution < -0.4 is 0 Å². The fourth-order valence-corrected chi connectivity index (χ4v) is 3.82. The molecule has 3 unspecified atom stereocenters. The van der Waals surface area contributed by atoms with E-state index in [0.29, 0.717) is 6.42 Å². The Morgan fingerprint density at radius 3 is 2.10 bits per heavy atom. The number of hydrogen-bond acceptors (Lipinski definition) is 1. The van der Waals surface area contributed by atoms with Crippen LogP contribution in [0, 0.1) is 10.8 Å². The monoisotopic (exact) mass is 280 g/mol. The molecule has 3 rings (SSSR count). The summed E-state index contributed by atoms with van der Waals surface area (Å²) < 4.78 is 0. The van der Waals surface area contributed by atoms with Gasteiger partial charge in [0.25, 0.3) is 0 Å². The first-order valence-electron chi connectivity index (χ1n) is 7.79. The number of aliphatic hydroxyl groups is 1. The van der Waals surface area contributed by atoms with Crippen molar-refractivity contribution < 1.29 is 5.11 Å². The summed E-state index contributed by atoms with van der Waals surface area (Å²) in [4.78, 5) is 0. The molecular weight excluding hydrogens is 256 g/mol. The van der Waals surface area contributed by atoms with E-state index in [1.807, 2.05) is 0 Å². The molecule has 1 nitrogen and oxygen atoms in total. The first-order valence-corrected chi connectivity index (χ1v) is 7.79. The first-order chi connectivity index (χ1) is 10.0. The van der Waals surface area contributed by atoms with Crippen molar-refractivity contribution in [3.63, 3.8) is 0 Å². The molecule has 0 aromatic heterocycles. The van der Waals surface area contributed by atoms with Gasteiger partial charge in [-0.15, -0.1) is 0 Å². The summed E-state index contributed by atoms with van der Waals surface area (Å²) in [5.74, 6) is 0. The number of allylic oxidation sites excluding steroid dienone is 9. The summed E-state index contributed by atoms with van der Waals surface area (Å²) >= 11 is 0. The van der Waals surface area contributed by atoms with E-state index >= 15 is 0 Å². The fraction of sp³-hybridized carbons (Fsp3) is 0.400. The molecular formula is C20H24O. The molecule has 110 valence electrons. The van der Waals surface area contributed by atoms with E-state index < -0.39 is 5.60 Å². The molecule has 0 radical (unpaired) electrons. The van der Waals surface area contributed by atoms with Crippen LogP contribution in [0.25, 0.3) is 0 Å². The number of rotatable bonds is 2. The molecule has 3 atom stereocenters. The highest BCUT2D eigenvalue weighted by Crippen LogP contribution is 2.53. The van der Waals surface area contributed by atoms with Gasteiger partial charge in [0, 0.05) is 10.8 Å². The molecule has 0 spiro atoms. The van der Waals surface area contributed by atoms with E-state index in [0.717, 1.165) is 18.4 Å². The molecule has 1 heteroatoms. The van der Waals surface area contributed by atoms with E-state index in [1.54, 1.807) is 0 Å². The third-order valence-corrected chi connectivity index (χ3v) is 5.32. The predicted octanol–water partition coefficient (Wildman–Crippen LogP) is 4.65. The minimum Gasteiger partial charge on any atom is -0.384 e. The summed E-state index contributed by atoms with van der Waals surface area (Å²) in [6.07, 6.45) is 25.9. The third kappa shape index (κ3) is 2.20. The van der Waals surface area contributed by atoms with Crippen molar-refractivity contribution in [2.45, 2.75) is 38.7 Å². The van der Waals surface area contributed by atoms with Crippen LogP contribution in [-0.4, -0.2) is 10.7 Å². The smallest absolute Gasteiger partial charge is 0.0993 e. The average Bonchev–Trinajstić information content (AvgIpc) is 2.49. The van der Waals surface area contributed by atoms with Crippen LogP contribution in [0.2, 0.25) is 0 Å². The Bertz CT molecular complexity index is 601. The quantitative estimate of drug-likeness (QED) is 0.780. The lowest BCUT2D eigenvalue weighted by molar-refractivity contribution is -0.0280. The first kappa shape index (κ1) is 14.3. The summed E-state index contributed by atoms with van der Waals surface area (Å²) in [7, 11) is 0. The maximum Gasteiger partial charge on any atom is 0.0993 e. The van der Waals surface area contributed by atoms with Crippen molar-refractivity contribution in [3.8, 4) is 0 Å². The Balaban J connectivity index is 2.05. The van der Waals surface area contributed by atoms with Crippen LogP contribution in [0.4, 0.5) is 0 Å². The van der Waals surface area contributed by atoms with Crippen LogP contribution in [0.5, 0.6) is 0 Å². The molecule has 21 heavy (non-hydrogen) atoms. The molecule has 0 aromatic rings. The normalized spacial score (nSPS) is 41.4. The van der Waals surface area contributed by atoms with Gasteiger partial charge in [-0.05, 0) is 24.8 Å². The van der Waals surface area contributed by atoms with Crippen molar-refractivity contribution in [2.75, 3.05) is 0 Å². The largest absolute Gasteiger partial charge is 0.384 e. The van der Waals surface area contributed by atoms with Gasteiger partial charge in [0.15, 0.2) is 0 Å². The highest BCUT2D eigenvalue weighted by Gasteiger charge is 2.51. The van der Waals surface area contributed by atoms with Gasteiger partial charge in [0.1, 0.15) is 0 Å². The summed E-state index contributed by atoms with van der Waals surface area (Å²) in [6.45, 7) is 4.40. The van der Waals surface area contributed by atoms with E-state index in [9.17, 15) is 5.11 Å². The van der Waals surface area contributed by atoms with Gasteiger partial charge in [0.05, 0.1) is 5.60 Å². The standard InChI is InChI=1S/C20H24O/c1-18(12-6-3-7-13-18)17-11-5-10-16-20(17,21)19(2)14-8-4-9-15-19/h3-12,14,21H,13,15-16H2,1-2H3. The summed E-state index contributed by atoms with van der Waals surface area (Å²) in [6, 6.07) is 0. The number of hydrogen-bond donors (Lipinski definition) is 1. The molecule has 0 fully saturated rings. The highest BCUT2D eigenvalue weighted by atomic mass is 16.3. The van der Waals surface area contributed by atoms with Crippen LogP contribution >= 0.6 is 0 Å². The Morgan fingerprint density at radius 1 is 0.810 bits per heavy atom. The molecule has 0 saturated carbocycles. The van der Waals surface area contributed by atoms with E-state index in [1.165, 1.54) is 0 Å². The van der Waals surface area contributed by atoms with Crippen molar-refractivity contribution in [1.82, 2.24) is 0 Å². The molecule has 0 heterocycles. The van der Waals surface area contributed by atoms with Gasteiger partial charge < -0.3 is 5.11 Å². The zero-order valence-corrected chi connectivity index (χ0v) is 12.9. The Labute approximate surface area is 127 Å². The third-order valence-electron chi connectivity index (χ3n) is 5.32. The summed E-state index contributed by atoms with van der Waals surface area (Å²) in [5, 5.41) is 11.7. The molecule has 0 aromatic carbocycles. The van der Waals surface area contributed by atoms with Gasteiger partial charge in [-0.1, -0.05) is 80.7 Å². The molecule has 0 saturated heterocycles. The van der Waals surface area contributed by atoms with Crippen LogP contribution in [0.15, 0.2) is 72.4 Å². The fourth-order valence-electron chi connectivity index (χ4n) is 3.82. The summed E-state index contributed by atoms with van der Waals surface area (Å²) in [5.41, 5.74) is -0.0452. The Hall–Kier alpha value is -1.60. The second kappa shape index (κ2) is 4.99. The second-order valence-electron chi connectivity index (χ2n) is 6.89. The lowest BCUT2D eigenvalue weighted by atomic mass is 9.57. The minimum atomic E-state index is -0.826. The van der Waals surface area contributed by atoms with Gasteiger partial charge in [-0.3, -0.25) is 0 Å². The minimum absolute atomic E-state index is 0.105. The predicted molar refractivity (Wildman–Crippen MR) is 88.8 cm³/mol. The van der Waals surface area contributed by atoms with Crippen molar-refractivity contribution >= 4 is 0 Å². The Morgan fingerprint density at radius 2 is 1.48 bits per heavy atom. The van der Waals surface area contributed by atoms with E-state index in [-0.39, 0.29) is 10.8 Å². The molecule has 0 amide bonds. The van der Waals surface area contributed by atoms with Crippen LogP contribution in [-0.2, 0) is 0 Å². The van der Waals surface area contributed by atoms with E-state index in [4.69, 9.17) is 0 Å². The van der Waals surface area contributed by atoms with Gasteiger partial charge in [-0.25, -0.2) is 0 Å². The average molecular weight is 280 g/mol. The zero-order valence-electron chi connectivity index (χ0n) is 12.9. The lowest BCUT2D eigenvalue weighted by Gasteiger charge is -2.51. The molecule has 3 aliphatic carbocycles. The van der Waals surface area contributed by atoms with Gasteiger partial charge in [-0.2, -0.15) is 0 Å². The maximum atomic E-state index is 11.7. The highest BCUT2D eigenvalue weighted by molar-refractivity contribution is 5.43. The Kier molecular flexibility index (Phi) is 3.41. The molecule has 0 aliphatic heterocycles. The second-order valence-corrected chi connectivity index (χ2v) is 6.89. The molecule has 3 aliphatic rings. The lowest BCUT2D eigenvalue weighted by Crippen LogP contribution is -2.51. The molecule has 0 bridgehead atoms. The SMILES string of the molecule is CC1(C2=CC=CCC2(O)C2(C)C=CC=CC2)C=CC=CC1. The zero-order chi connectivity index (χ0) is 15.0. The van der Waals surface area contributed by atoms with Crippen molar-refractivity contribution in [2.24, 2.45) is 10.8 Å². The van der Waals surface area contributed by atoms with Crippen LogP contribution in [0.1, 0.15) is 33.1 Å². The molecule has 1 N–H and O–H groups in total.